The van der Waals surface area contributed by atoms with Gasteiger partial charge in [0.2, 0.25) is 5.91 Å². The molecule has 0 atom stereocenters. The van der Waals surface area contributed by atoms with Gasteiger partial charge in [0.15, 0.2) is 0 Å². The summed E-state index contributed by atoms with van der Waals surface area (Å²) in [6.07, 6.45) is 3.59. The van der Waals surface area contributed by atoms with Crippen molar-refractivity contribution in [3.05, 3.63) is 0 Å². The number of nitrogens with zero attached hydrogens (tertiary/aromatic N) is 1. The van der Waals surface area contributed by atoms with Gasteiger partial charge in [-0.15, -0.1) is 0 Å². The second-order valence-electron chi connectivity index (χ2n) is 5.04. The van der Waals surface area contributed by atoms with Gasteiger partial charge in [-0.3, -0.25) is 4.79 Å². The SMILES string of the molecule is CNC(=O)CCCN1CCC(C)(C(N)=S)CC1. The first-order valence-electron chi connectivity index (χ1n) is 6.21. The summed E-state index contributed by atoms with van der Waals surface area (Å²) in [5, 5.41) is 2.64. The maximum atomic E-state index is 11.1. The Labute approximate surface area is 109 Å². The van der Waals surface area contributed by atoms with Crippen LogP contribution in [0.5, 0.6) is 0 Å². The van der Waals surface area contributed by atoms with Crippen molar-refractivity contribution in [3.8, 4) is 0 Å². The van der Waals surface area contributed by atoms with E-state index in [9.17, 15) is 4.79 Å². The number of likely N-dealkylation sites (tertiary alicyclic amines) is 1. The molecule has 1 aliphatic rings. The van der Waals surface area contributed by atoms with Crippen molar-refractivity contribution >= 4 is 23.1 Å². The van der Waals surface area contributed by atoms with E-state index in [4.69, 9.17) is 18.0 Å². The highest BCUT2D eigenvalue weighted by Gasteiger charge is 2.32. The molecule has 98 valence electrons. The van der Waals surface area contributed by atoms with Crippen LogP contribution in [0.1, 0.15) is 32.6 Å². The predicted molar refractivity (Wildman–Crippen MR) is 73.9 cm³/mol. The molecule has 1 saturated heterocycles. The predicted octanol–water partition coefficient (Wildman–Crippen LogP) is 0.901. The van der Waals surface area contributed by atoms with Crippen LogP contribution >= 0.6 is 12.2 Å². The molecule has 1 amide bonds. The van der Waals surface area contributed by atoms with E-state index >= 15 is 0 Å². The standard InChI is InChI=1S/C12H23N3OS/c1-12(11(13)17)5-8-15(9-6-12)7-3-4-10(16)14-2/h3-9H2,1-2H3,(H2,13,17)(H,14,16). The number of nitrogens with two attached hydrogens (primary N) is 1. The Morgan fingerprint density at radius 3 is 2.53 bits per heavy atom. The lowest BCUT2D eigenvalue weighted by Crippen LogP contribution is -2.44. The summed E-state index contributed by atoms with van der Waals surface area (Å²) in [6, 6.07) is 0. The maximum absolute atomic E-state index is 11.1. The lowest BCUT2D eigenvalue weighted by molar-refractivity contribution is -0.120. The second kappa shape index (κ2) is 6.31. The molecule has 0 saturated carbocycles. The third-order valence-electron chi connectivity index (χ3n) is 3.71. The molecule has 0 aromatic heterocycles. The first-order chi connectivity index (χ1) is 7.98. The molecule has 17 heavy (non-hydrogen) atoms. The molecule has 1 fully saturated rings. The number of thiocarbonyl (C=S) groups is 1. The van der Waals surface area contributed by atoms with E-state index in [0.717, 1.165) is 38.9 Å². The summed E-state index contributed by atoms with van der Waals surface area (Å²) in [7, 11) is 1.68. The molecule has 3 N–H and O–H groups in total. The van der Waals surface area contributed by atoms with Gasteiger partial charge in [-0.05, 0) is 38.9 Å². The Morgan fingerprint density at radius 1 is 1.47 bits per heavy atom. The van der Waals surface area contributed by atoms with Gasteiger partial charge in [0.05, 0.1) is 4.99 Å². The summed E-state index contributed by atoms with van der Waals surface area (Å²) in [5.41, 5.74) is 5.80. The Morgan fingerprint density at radius 2 is 2.06 bits per heavy atom. The Balaban J connectivity index is 2.24. The molecule has 5 heteroatoms. The lowest BCUT2D eigenvalue weighted by atomic mass is 9.80. The average Bonchev–Trinajstić information content (AvgIpc) is 2.31. The van der Waals surface area contributed by atoms with Crippen LogP contribution in [0.3, 0.4) is 0 Å². The van der Waals surface area contributed by atoms with Crippen LogP contribution in [-0.2, 0) is 4.79 Å². The molecule has 0 aromatic rings. The Hall–Kier alpha value is -0.680. The van der Waals surface area contributed by atoms with Crippen LogP contribution in [0.15, 0.2) is 0 Å². The Bertz CT molecular complexity index is 285. The van der Waals surface area contributed by atoms with Crippen molar-refractivity contribution < 1.29 is 4.79 Å². The van der Waals surface area contributed by atoms with Crippen molar-refractivity contribution in [2.75, 3.05) is 26.7 Å². The molecule has 4 nitrogen and oxygen atoms in total. The molecule has 1 heterocycles. The zero-order chi connectivity index (χ0) is 12.9. The van der Waals surface area contributed by atoms with E-state index in [1.165, 1.54) is 0 Å². The zero-order valence-electron chi connectivity index (χ0n) is 10.8. The fourth-order valence-corrected chi connectivity index (χ4v) is 2.31. The smallest absolute Gasteiger partial charge is 0.219 e. The Kier molecular flexibility index (Phi) is 5.33. The molecule has 1 aliphatic heterocycles. The maximum Gasteiger partial charge on any atom is 0.219 e. The zero-order valence-corrected chi connectivity index (χ0v) is 11.6. The normalized spacial score (nSPS) is 19.9. The van der Waals surface area contributed by atoms with Gasteiger partial charge in [0.25, 0.3) is 0 Å². The summed E-state index contributed by atoms with van der Waals surface area (Å²) in [5.74, 6) is 0.120. The van der Waals surface area contributed by atoms with Crippen LogP contribution in [0.4, 0.5) is 0 Å². The average molecular weight is 257 g/mol. The minimum atomic E-state index is 0.0344. The van der Waals surface area contributed by atoms with Gasteiger partial charge in [-0.25, -0.2) is 0 Å². The lowest BCUT2D eigenvalue weighted by Gasteiger charge is -2.38. The van der Waals surface area contributed by atoms with Crippen molar-refractivity contribution in [3.63, 3.8) is 0 Å². The minimum absolute atomic E-state index is 0.0344. The van der Waals surface area contributed by atoms with Gasteiger partial charge in [0, 0.05) is 18.9 Å². The van der Waals surface area contributed by atoms with Crippen molar-refractivity contribution in [1.29, 1.82) is 0 Å². The van der Waals surface area contributed by atoms with Crippen LogP contribution in [0.25, 0.3) is 0 Å². The fourth-order valence-electron chi connectivity index (χ4n) is 2.10. The monoisotopic (exact) mass is 257 g/mol. The summed E-state index contributed by atoms with van der Waals surface area (Å²) >= 11 is 5.11. The minimum Gasteiger partial charge on any atom is -0.393 e. The second-order valence-corrected chi connectivity index (χ2v) is 5.48. The molecular weight excluding hydrogens is 234 g/mol. The van der Waals surface area contributed by atoms with E-state index < -0.39 is 0 Å². The molecule has 1 rings (SSSR count). The van der Waals surface area contributed by atoms with Gasteiger partial charge >= 0.3 is 0 Å². The van der Waals surface area contributed by atoms with Gasteiger partial charge in [-0.1, -0.05) is 19.1 Å². The number of hydrogen-bond donors (Lipinski definition) is 2. The summed E-state index contributed by atoms with van der Waals surface area (Å²) in [6.45, 7) is 5.20. The number of carbonyl (C=O) groups excluding carboxylic acids is 1. The highest BCUT2D eigenvalue weighted by molar-refractivity contribution is 7.80. The third-order valence-corrected chi connectivity index (χ3v) is 4.20. The molecule has 0 aliphatic carbocycles. The first-order valence-corrected chi connectivity index (χ1v) is 6.61. The number of nitrogens with one attached hydrogen (secondary N) is 1. The quantitative estimate of drug-likeness (QED) is 0.719. The first kappa shape index (κ1) is 14.4. The third kappa shape index (κ3) is 4.24. The fraction of sp³-hybridized carbons (Fsp3) is 0.833. The highest BCUT2D eigenvalue weighted by atomic mass is 32.1. The number of carbonyl (C=O) groups is 1. The number of rotatable bonds is 5. The topological polar surface area (TPSA) is 58.4 Å². The van der Waals surface area contributed by atoms with Crippen molar-refractivity contribution in [2.45, 2.75) is 32.6 Å². The van der Waals surface area contributed by atoms with Gasteiger partial charge in [-0.2, -0.15) is 0 Å². The van der Waals surface area contributed by atoms with Crippen LogP contribution in [0, 0.1) is 5.41 Å². The molecule has 0 spiro atoms. The summed E-state index contributed by atoms with van der Waals surface area (Å²) in [4.78, 5) is 14.1. The number of piperidine rings is 1. The molecule has 0 aromatic carbocycles. The van der Waals surface area contributed by atoms with E-state index in [1.807, 2.05) is 0 Å². The van der Waals surface area contributed by atoms with Crippen LogP contribution < -0.4 is 11.1 Å². The van der Waals surface area contributed by atoms with E-state index in [-0.39, 0.29) is 11.3 Å². The van der Waals surface area contributed by atoms with E-state index in [0.29, 0.717) is 11.4 Å². The van der Waals surface area contributed by atoms with Crippen molar-refractivity contribution in [1.82, 2.24) is 10.2 Å². The van der Waals surface area contributed by atoms with Gasteiger partial charge < -0.3 is 16.0 Å². The van der Waals surface area contributed by atoms with E-state index in [2.05, 4.69) is 17.1 Å². The number of hydrogen-bond acceptors (Lipinski definition) is 3. The highest BCUT2D eigenvalue weighted by Crippen LogP contribution is 2.31. The van der Waals surface area contributed by atoms with Gasteiger partial charge in [0.1, 0.15) is 0 Å². The van der Waals surface area contributed by atoms with E-state index in [1.54, 1.807) is 7.05 Å². The largest absolute Gasteiger partial charge is 0.393 e. The molecular formula is C12H23N3OS. The molecule has 0 radical (unpaired) electrons. The van der Waals surface area contributed by atoms with Crippen LogP contribution in [-0.4, -0.2) is 42.5 Å². The van der Waals surface area contributed by atoms with Crippen LogP contribution in [0.2, 0.25) is 0 Å². The number of amides is 1. The molecule has 0 bridgehead atoms. The van der Waals surface area contributed by atoms with Crippen molar-refractivity contribution in [2.24, 2.45) is 11.1 Å². The molecule has 0 unspecified atom stereocenters. The summed E-state index contributed by atoms with van der Waals surface area (Å²) < 4.78 is 0.